The number of hydrogen-bond donors (Lipinski definition) is 1. The first-order valence-electron chi connectivity index (χ1n) is 7.86. The standard InChI is InChI=1S/C17H19N5O2/c1-3-15-19-16(11-12(2)21-10-4-9-18-21)22(20-15)14-7-5-13(6-8-14)17(23)24/h4-10,12H,3,11H2,1-2H3,(H,23,24). The molecule has 7 nitrogen and oxygen atoms in total. The third kappa shape index (κ3) is 3.19. The third-order valence-corrected chi connectivity index (χ3v) is 3.85. The van der Waals surface area contributed by atoms with Gasteiger partial charge in [-0.15, -0.1) is 0 Å². The Morgan fingerprint density at radius 1 is 1.29 bits per heavy atom. The van der Waals surface area contributed by atoms with Gasteiger partial charge >= 0.3 is 5.97 Å². The predicted molar refractivity (Wildman–Crippen MR) is 88.3 cm³/mol. The van der Waals surface area contributed by atoms with E-state index in [2.05, 4.69) is 22.1 Å². The van der Waals surface area contributed by atoms with Crippen LogP contribution < -0.4 is 0 Å². The number of benzene rings is 1. The second-order valence-electron chi connectivity index (χ2n) is 5.60. The van der Waals surface area contributed by atoms with Crippen LogP contribution in [0.5, 0.6) is 0 Å². The van der Waals surface area contributed by atoms with Gasteiger partial charge in [-0.05, 0) is 37.3 Å². The van der Waals surface area contributed by atoms with Crippen molar-refractivity contribution in [1.82, 2.24) is 24.5 Å². The van der Waals surface area contributed by atoms with Crippen molar-refractivity contribution >= 4 is 5.97 Å². The predicted octanol–water partition coefficient (Wildman–Crippen LogP) is 2.53. The van der Waals surface area contributed by atoms with Crippen LogP contribution in [0.1, 0.15) is 41.9 Å². The van der Waals surface area contributed by atoms with Gasteiger partial charge < -0.3 is 5.11 Å². The summed E-state index contributed by atoms with van der Waals surface area (Å²) in [6, 6.07) is 8.69. The molecule has 2 heterocycles. The summed E-state index contributed by atoms with van der Waals surface area (Å²) in [4.78, 5) is 15.6. The number of aromatic nitrogens is 5. The lowest BCUT2D eigenvalue weighted by molar-refractivity contribution is 0.0697. The van der Waals surface area contributed by atoms with Crippen LogP contribution in [0.15, 0.2) is 42.7 Å². The number of carbonyl (C=O) groups is 1. The van der Waals surface area contributed by atoms with Gasteiger partial charge in [-0.1, -0.05) is 6.92 Å². The number of rotatable bonds is 6. The first-order chi connectivity index (χ1) is 11.6. The molecule has 0 spiro atoms. The zero-order valence-corrected chi connectivity index (χ0v) is 13.6. The highest BCUT2D eigenvalue weighted by molar-refractivity contribution is 5.87. The molecule has 0 saturated carbocycles. The Hall–Kier alpha value is -2.96. The lowest BCUT2D eigenvalue weighted by atomic mass is 10.2. The summed E-state index contributed by atoms with van der Waals surface area (Å²) in [6.07, 6.45) is 5.09. The number of aryl methyl sites for hydroxylation is 1. The first-order valence-corrected chi connectivity index (χ1v) is 7.86. The molecule has 3 aromatic rings. The number of nitrogens with zero attached hydrogens (tertiary/aromatic N) is 5. The van der Waals surface area contributed by atoms with Crippen molar-refractivity contribution < 1.29 is 9.90 Å². The van der Waals surface area contributed by atoms with Gasteiger partial charge in [-0.2, -0.15) is 10.2 Å². The SMILES string of the molecule is CCc1nc(CC(C)n2cccn2)n(-c2ccc(C(=O)O)cc2)n1. The minimum atomic E-state index is -0.943. The van der Waals surface area contributed by atoms with Crippen molar-refractivity contribution in [1.29, 1.82) is 0 Å². The van der Waals surface area contributed by atoms with Crippen LogP contribution in [-0.4, -0.2) is 35.6 Å². The summed E-state index contributed by atoms with van der Waals surface area (Å²) in [7, 11) is 0. The summed E-state index contributed by atoms with van der Waals surface area (Å²) >= 11 is 0. The molecule has 7 heteroatoms. The van der Waals surface area contributed by atoms with E-state index in [1.807, 2.05) is 23.9 Å². The van der Waals surface area contributed by atoms with Crippen LogP contribution in [0, 0.1) is 0 Å². The highest BCUT2D eigenvalue weighted by Gasteiger charge is 2.15. The Labute approximate surface area is 139 Å². The molecular formula is C17H19N5O2. The van der Waals surface area contributed by atoms with Crippen molar-refractivity contribution in [3.05, 3.63) is 59.9 Å². The maximum atomic E-state index is 11.0. The summed E-state index contributed by atoms with van der Waals surface area (Å²) in [5, 5.41) is 17.8. The molecule has 0 amide bonds. The summed E-state index contributed by atoms with van der Waals surface area (Å²) in [5.41, 5.74) is 1.05. The van der Waals surface area contributed by atoms with Crippen LogP contribution in [0.25, 0.3) is 5.69 Å². The van der Waals surface area contributed by atoms with Crippen molar-refractivity contribution in [2.45, 2.75) is 32.7 Å². The molecule has 24 heavy (non-hydrogen) atoms. The number of hydrogen-bond acceptors (Lipinski definition) is 4. The molecule has 1 N–H and O–H groups in total. The van der Waals surface area contributed by atoms with E-state index in [1.54, 1.807) is 35.1 Å². The van der Waals surface area contributed by atoms with Crippen LogP contribution in [0.4, 0.5) is 0 Å². The van der Waals surface area contributed by atoms with Gasteiger partial charge in [0.05, 0.1) is 17.3 Å². The van der Waals surface area contributed by atoms with Gasteiger partial charge in [0, 0.05) is 25.2 Å². The van der Waals surface area contributed by atoms with E-state index < -0.39 is 5.97 Å². The molecule has 2 aromatic heterocycles. The van der Waals surface area contributed by atoms with Crippen molar-refractivity contribution in [2.24, 2.45) is 0 Å². The topological polar surface area (TPSA) is 85.8 Å². The highest BCUT2D eigenvalue weighted by Crippen LogP contribution is 2.17. The zero-order valence-electron chi connectivity index (χ0n) is 13.6. The van der Waals surface area contributed by atoms with Gasteiger partial charge in [-0.25, -0.2) is 14.5 Å². The van der Waals surface area contributed by atoms with Gasteiger partial charge in [-0.3, -0.25) is 4.68 Å². The van der Waals surface area contributed by atoms with Gasteiger partial charge in [0.2, 0.25) is 0 Å². The molecule has 0 fully saturated rings. The Kier molecular flexibility index (Phi) is 4.41. The van der Waals surface area contributed by atoms with Crippen LogP contribution in [0.2, 0.25) is 0 Å². The van der Waals surface area contributed by atoms with Gasteiger partial charge in [0.25, 0.3) is 0 Å². The number of aromatic carboxylic acids is 1. The van der Waals surface area contributed by atoms with Crippen LogP contribution in [0.3, 0.4) is 0 Å². The molecular weight excluding hydrogens is 306 g/mol. The lowest BCUT2D eigenvalue weighted by Crippen LogP contribution is -2.13. The molecule has 0 aliphatic carbocycles. The Balaban J connectivity index is 1.92. The van der Waals surface area contributed by atoms with E-state index >= 15 is 0 Å². The average Bonchev–Trinajstić information content (AvgIpc) is 3.24. The van der Waals surface area contributed by atoms with Crippen LogP contribution >= 0.6 is 0 Å². The summed E-state index contributed by atoms with van der Waals surface area (Å²) < 4.78 is 3.67. The highest BCUT2D eigenvalue weighted by atomic mass is 16.4. The largest absolute Gasteiger partial charge is 0.478 e. The van der Waals surface area contributed by atoms with E-state index in [9.17, 15) is 4.79 Å². The quantitative estimate of drug-likeness (QED) is 0.752. The maximum absolute atomic E-state index is 11.0. The fourth-order valence-corrected chi connectivity index (χ4v) is 2.52. The number of carboxylic acid groups (broad SMARTS) is 1. The fourth-order valence-electron chi connectivity index (χ4n) is 2.52. The minimum Gasteiger partial charge on any atom is -0.478 e. The minimum absolute atomic E-state index is 0.144. The number of carboxylic acids is 1. The molecule has 1 unspecified atom stereocenters. The fraction of sp³-hybridized carbons (Fsp3) is 0.294. The molecule has 1 aromatic carbocycles. The normalized spacial score (nSPS) is 12.2. The molecule has 124 valence electrons. The maximum Gasteiger partial charge on any atom is 0.335 e. The van der Waals surface area contributed by atoms with E-state index in [0.717, 1.165) is 23.8 Å². The van der Waals surface area contributed by atoms with E-state index in [-0.39, 0.29) is 11.6 Å². The zero-order chi connectivity index (χ0) is 17.1. The van der Waals surface area contributed by atoms with Crippen molar-refractivity contribution in [3.8, 4) is 5.69 Å². The van der Waals surface area contributed by atoms with Gasteiger partial charge in [0.1, 0.15) is 5.82 Å². The third-order valence-electron chi connectivity index (χ3n) is 3.85. The molecule has 0 bridgehead atoms. The molecule has 3 rings (SSSR count). The smallest absolute Gasteiger partial charge is 0.335 e. The van der Waals surface area contributed by atoms with Crippen LogP contribution in [-0.2, 0) is 12.8 Å². The molecule has 1 atom stereocenters. The lowest BCUT2D eigenvalue weighted by Gasteiger charge is -2.12. The Bertz CT molecular complexity index is 821. The first kappa shape index (κ1) is 15.9. The Morgan fingerprint density at radius 2 is 2.04 bits per heavy atom. The molecule has 0 aliphatic heterocycles. The van der Waals surface area contributed by atoms with Gasteiger partial charge in [0.15, 0.2) is 5.82 Å². The Morgan fingerprint density at radius 3 is 2.62 bits per heavy atom. The molecule has 0 radical (unpaired) electrons. The van der Waals surface area contributed by atoms with E-state index in [4.69, 9.17) is 5.11 Å². The molecule has 0 saturated heterocycles. The van der Waals surface area contributed by atoms with E-state index in [1.165, 1.54) is 0 Å². The summed E-state index contributed by atoms with van der Waals surface area (Å²) in [5.74, 6) is 0.653. The van der Waals surface area contributed by atoms with Crippen molar-refractivity contribution in [3.63, 3.8) is 0 Å². The summed E-state index contributed by atoms with van der Waals surface area (Å²) in [6.45, 7) is 4.08. The average molecular weight is 325 g/mol. The molecule has 0 aliphatic rings. The van der Waals surface area contributed by atoms with Crippen molar-refractivity contribution in [2.75, 3.05) is 0 Å². The second kappa shape index (κ2) is 6.66. The van der Waals surface area contributed by atoms with E-state index in [0.29, 0.717) is 6.42 Å². The monoisotopic (exact) mass is 325 g/mol. The second-order valence-corrected chi connectivity index (χ2v) is 5.60.